The van der Waals surface area contributed by atoms with E-state index < -0.39 is 16.9 Å². The van der Waals surface area contributed by atoms with Crippen LogP contribution < -0.4 is 5.32 Å². The van der Waals surface area contributed by atoms with E-state index in [0.717, 1.165) is 0 Å². The molecule has 0 aliphatic carbocycles. The zero-order valence-electron chi connectivity index (χ0n) is 13.3. The molecule has 2 aromatic rings. The van der Waals surface area contributed by atoms with Gasteiger partial charge in [-0.1, -0.05) is 12.1 Å². The summed E-state index contributed by atoms with van der Waals surface area (Å²) < 4.78 is 4.97. The second-order valence-corrected chi connectivity index (χ2v) is 5.29. The van der Waals surface area contributed by atoms with Crippen LogP contribution in [0.2, 0.25) is 0 Å². The molecule has 1 aromatic carbocycles. The Balaban J connectivity index is 1.97. The standard InChI is InChI=1S/C16H17N3O5/c1-11(17-15(20)14-7-4-8-24-14)16(21)18(2)10-12-5-3-6-13(9-12)19(22)23/h3-9,11H,10H2,1-2H3,(H,17,20)/t11-/m1/s1. The van der Waals surface area contributed by atoms with Gasteiger partial charge in [-0.15, -0.1) is 0 Å². The van der Waals surface area contributed by atoms with E-state index in [0.29, 0.717) is 5.56 Å². The van der Waals surface area contributed by atoms with Crippen molar-refractivity contribution >= 4 is 17.5 Å². The van der Waals surface area contributed by atoms with E-state index in [4.69, 9.17) is 4.42 Å². The summed E-state index contributed by atoms with van der Waals surface area (Å²) in [6.07, 6.45) is 1.37. The van der Waals surface area contributed by atoms with E-state index in [9.17, 15) is 19.7 Å². The fraction of sp³-hybridized carbons (Fsp3) is 0.250. The molecule has 1 atom stereocenters. The van der Waals surface area contributed by atoms with Crippen molar-refractivity contribution in [2.24, 2.45) is 0 Å². The highest BCUT2D eigenvalue weighted by Crippen LogP contribution is 2.14. The van der Waals surface area contributed by atoms with Gasteiger partial charge in [-0.05, 0) is 24.6 Å². The van der Waals surface area contributed by atoms with E-state index in [1.807, 2.05) is 0 Å². The monoisotopic (exact) mass is 331 g/mol. The fourth-order valence-electron chi connectivity index (χ4n) is 2.19. The van der Waals surface area contributed by atoms with Gasteiger partial charge in [-0.3, -0.25) is 19.7 Å². The molecule has 1 heterocycles. The van der Waals surface area contributed by atoms with Gasteiger partial charge in [0.25, 0.3) is 11.6 Å². The van der Waals surface area contributed by atoms with Crippen LogP contribution in [0.5, 0.6) is 0 Å². The molecule has 8 heteroatoms. The third-order valence-corrected chi connectivity index (χ3v) is 3.38. The lowest BCUT2D eigenvalue weighted by atomic mass is 10.2. The highest BCUT2D eigenvalue weighted by atomic mass is 16.6. The lowest BCUT2D eigenvalue weighted by Gasteiger charge is -2.22. The van der Waals surface area contributed by atoms with Crippen LogP contribution in [0.1, 0.15) is 23.0 Å². The number of nitrogens with zero attached hydrogens (tertiary/aromatic N) is 2. The van der Waals surface area contributed by atoms with Crippen LogP contribution in [0.3, 0.4) is 0 Å². The molecule has 0 saturated heterocycles. The minimum Gasteiger partial charge on any atom is -0.459 e. The van der Waals surface area contributed by atoms with Crippen LogP contribution in [0.4, 0.5) is 5.69 Å². The number of likely N-dealkylation sites (N-methyl/N-ethyl adjacent to an activating group) is 1. The molecular weight excluding hydrogens is 314 g/mol. The van der Waals surface area contributed by atoms with Gasteiger partial charge < -0.3 is 14.6 Å². The molecule has 0 unspecified atom stereocenters. The lowest BCUT2D eigenvalue weighted by molar-refractivity contribution is -0.384. The molecule has 0 radical (unpaired) electrons. The lowest BCUT2D eigenvalue weighted by Crippen LogP contribution is -2.45. The second kappa shape index (κ2) is 7.40. The van der Waals surface area contributed by atoms with Gasteiger partial charge in [-0.2, -0.15) is 0 Å². The second-order valence-electron chi connectivity index (χ2n) is 5.29. The van der Waals surface area contributed by atoms with Crippen LogP contribution in [0.25, 0.3) is 0 Å². The highest BCUT2D eigenvalue weighted by molar-refractivity contribution is 5.95. The summed E-state index contributed by atoms with van der Waals surface area (Å²) in [5.74, 6) is -0.679. The van der Waals surface area contributed by atoms with Crippen molar-refractivity contribution in [1.82, 2.24) is 10.2 Å². The van der Waals surface area contributed by atoms with Crippen LogP contribution in [-0.4, -0.2) is 34.7 Å². The van der Waals surface area contributed by atoms with Crippen molar-refractivity contribution in [3.63, 3.8) is 0 Å². The SMILES string of the molecule is C[C@@H](NC(=O)c1ccco1)C(=O)N(C)Cc1cccc([N+](=O)[O-])c1. The van der Waals surface area contributed by atoms with Crippen molar-refractivity contribution < 1.29 is 18.9 Å². The Bertz CT molecular complexity index is 742. The Morgan fingerprint density at radius 3 is 2.71 bits per heavy atom. The Kier molecular flexibility index (Phi) is 5.31. The molecule has 2 rings (SSSR count). The number of carbonyl (C=O) groups excluding carboxylic acids is 2. The molecule has 8 nitrogen and oxygen atoms in total. The molecule has 0 fully saturated rings. The number of nitrogens with one attached hydrogen (secondary N) is 1. The summed E-state index contributed by atoms with van der Waals surface area (Å²) in [5, 5.41) is 13.3. The van der Waals surface area contributed by atoms with Gasteiger partial charge in [0.1, 0.15) is 6.04 Å². The number of nitro benzene ring substituents is 1. The average Bonchev–Trinajstić information content (AvgIpc) is 3.08. The molecule has 1 N–H and O–H groups in total. The molecule has 0 aliphatic heterocycles. The third-order valence-electron chi connectivity index (χ3n) is 3.38. The van der Waals surface area contributed by atoms with Crippen molar-refractivity contribution in [3.8, 4) is 0 Å². The number of furan rings is 1. The van der Waals surface area contributed by atoms with Gasteiger partial charge >= 0.3 is 0 Å². The number of hydrogen-bond acceptors (Lipinski definition) is 5. The van der Waals surface area contributed by atoms with Crippen molar-refractivity contribution in [1.29, 1.82) is 0 Å². The van der Waals surface area contributed by atoms with Gasteiger partial charge in [-0.25, -0.2) is 0 Å². The minimum absolute atomic E-state index is 0.0347. The summed E-state index contributed by atoms with van der Waals surface area (Å²) in [4.78, 5) is 35.9. The highest BCUT2D eigenvalue weighted by Gasteiger charge is 2.21. The number of non-ortho nitro benzene ring substituents is 1. The Morgan fingerprint density at radius 1 is 1.33 bits per heavy atom. The predicted octanol–water partition coefficient (Wildman–Crippen LogP) is 1.96. The first-order chi connectivity index (χ1) is 11.4. The number of carbonyl (C=O) groups is 2. The van der Waals surface area contributed by atoms with E-state index in [1.54, 1.807) is 32.2 Å². The topological polar surface area (TPSA) is 106 Å². The van der Waals surface area contributed by atoms with Gasteiger partial charge in [0.2, 0.25) is 5.91 Å². The van der Waals surface area contributed by atoms with Crippen molar-refractivity contribution in [2.45, 2.75) is 19.5 Å². The van der Waals surface area contributed by atoms with E-state index in [1.165, 1.54) is 29.4 Å². The summed E-state index contributed by atoms with van der Waals surface area (Å²) in [6.45, 7) is 1.76. The first-order valence-corrected chi connectivity index (χ1v) is 7.21. The maximum Gasteiger partial charge on any atom is 0.287 e. The Hall–Kier alpha value is -3.16. The number of rotatable bonds is 6. The zero-order chi connectivity index (χ0) is 17.7. The molecule has 0 spiro atoms. The molecule has 2 amide bonds. The number of benzene rings is 1. The predicted molar refractivity (Wildman–Crippen MR) is 85.2 cm³/mol. The fourth-order valence-corrected chi connectivity index (χ4v) is 2.19. The van der Waals surface area contributed by atoms with E-state index in [-0.39, 0.29) is 23.9 Å². The average molecular weight is 331 g/mol. The summed E-state index contributed by atoms with van der Waals surface area (Å²) in [6, 6.07) is 8.38. The first kappa shape index (κ1) is 17.2. The maximum atomic E-state index is 12.3. The Morgan fingerprint density at radius 2 is 2.08 bits per heavy atom. The largest absolute Gasteiger partial charge is 0.459 e. The van der Waals surface area contributed by atoms with Gasteiger partial charge in [0.05, 0.1) is 11.2 Å². The molecule has 0 bridgehead atoms. The van der Waals surface area contributed by atoms with Crippen LogP contribution in [0, 0.1) is 10.1 Å². The number of nitro groups is 1. The van der Waals surface area contributed by atoms with E-state index in [2.05, 4.69) is 5.32 Å². The normalized spacial score (nSPS) is 11.6. The molecule has 24 heavy (non-hydrogen) atoms. The van der Waals surface area contributed by atoms with E-state index >= 15 is 0 Å². The molecular formula is C16H17N3O5. The summed E-state index contributed by atoms with van der Waals surface area (Å²) >= 11 is 0. The van der Waals surface area contributed by atoms with Crippen molar-refractivity contribution in [2.75, 3.05) is 7.05 Å². The molecule has 126 valence electrons. The van der Waals surface area contributed by atoms with Crippen LogP contribution in [-0.2, 0) is 11.3 Å². The van der Waals surface area contributed by atoms with Crippen LogP contribution >= 0.6 is 0 Å². The smallest absolute Gasteiger partial charge is 0.287 e. The zero-order valence-corrected chi connectivity index (χ0v) is 13.3. The maximum absolute atomic E-state index is 12.3. The summed E-state index contributed by atoms with van der Waals surface area (Å²) in [7, 11) is 1.57. The molecule has 0 saturated carbocycles. The van der Waals surface area contributed by atoms with Crippen LogP contribution in [0.15, 0.2) is 47.1 Å². The number of hydrogen-bond donors (Lipinski definition) is 1. The quantitative estimate of drug-likeness (QED) is 0.643. The third kappa shape index (κ3) is 4.19. The summed E-state index contributed by atoms with van der Waals surface area (Å²) in [5.41, 5.74) is 0.595. The molecule has 0 aliphatic rings. The molecule has 1 aromatic heterocycles. The van der Waals surface area contributed by atoms with Crippen molar-refractivity contribution in [3.05, 3.63) is 64.1 Å². The van der Waals surface area contributed by atoms with Gasteiger partial charge in [0, 0.05) is 25.7 Å². The van der Waals surface area contributed by atoms with Gasteiger partial charge in [0.15, 0.2) is 5.76 Å². The minimum atomic E-state index is -0.758. The Labute approximate surface area is 138 Å². The number of amides is 2. The first-order valence-electron chi connectivity index (χ1n) is 7.21.